The first-order valence-electron chi connectivity index (χ1n) is 5.78. The van der Waals surface area contributed by atoms with E-state index in [9.17, 15) is 4.79 Å². The van der Waals surface area contributed by atoms with E-state index in [1.807, 2.05) is 36.1 Å². The Bertz CT molecular complexity index is 381. The molecular weight excluding hydrogens is 200 g/mol. The maximum atomic E-state index is 12.1. The summed E-state index contributed by atoms with van der Waals surface area (Å²) in [7, 11) is 0. The van der Waals surface area contributed by atoms with Crippen LogP contribution in [-0.4, -0.2) is 29.9 Å². The molecule has 0 radical (unpaired) electrons. The minimum Gasteiger partial charge on any atom is -0.339 e. The summed E-state index contributed by atoms with van der Waals surface area (Å²) in [6.45, 7) is 3.57. The van der Waals surface area contributed by atoms with Crippen molar-refractivity contribution in [2.24, 2.45) is 5.73 Å². The third-order valence-electron chi connectivity index (χ3n) is 3.09. The fourth-order valence-corrected chi connectivity index (χ4v) is 2.06. The Morgan fingerprint density at radius 2 is 2.06 bits per heavy atom. The Hall–Kier alpha value is -1.35. The number of aryl methyl sites for hydroxylation is 1. The lowest BCUT2D eigenvalue weighted by Crippen LogP contribution is -2.42. The summed E-state index contributed by atoms with van der Waals surface area (Å²) >= 11 is 0. The molecule has 0 unspecified atom stereocenters. The molecule has 2 N–H and O–H groups in total. The van der Waals surface area contributed by atoms with E-state index in [1.165, 1.54) is 0 Å². The minimum atomic E-state index is 0.135. The number of nitrogens with zero attached hydrogens (tertiary/aromatic N) is 1. The Kier molecular flexibility index (Phi) is 3.25. The Balaban J connectivity index is 2.08. The van der Waals surface area contributed by atoms with E-state index in [0.29, 0.717) is 0 Å². The highest BCUT2D eigenvalue weighted by Crippen LogP contribution is 2.13. The topological polar surface area (TPSA) is 46.3 Å². The van der Waals surface area contributed by atoms with Crippen molar-refractivity contribution in [3.63, 3.8) is 0 Å². The van der Waals surface area contributed by atoms with E-state index in [0.717, 1.165) is 37.1 Å². The predicted octanol–water partition coefficient (Wildman–Crippen LogP) is 1.56. The molecule has 3 heteroatoms. The first kappa shape index (κ1) is 11.1. The highest BCUT2D eigenvalue weighted by Gasteiger charge is 2.21. The van der Waals surface area contributed by atoms with Crippen LogP contribution in [0.5, 0.6) is 0 Å². The SMILES string of the molecule is Cc1cccc(C(=O)N2CCC(N)CC2)c1. The molecule has 1 aromatic carbocycles. The van der Waals surface area contributed by atoms with Crippen LogP contribution in [0.1, 0.15) is 28.8 Å². The molecule has 1 aliphatic rings. The maximum absolute atomic E-state index is 12.1. The lowest BCUT2D eigenvalue weighted by atomic mass is 10.0. The average Bonchev–Trinajstić information content (AvgIpc) is 2.29. The number of likely N-dealkylation sites (tertiary alicyclic amines) is 1. The van der Waals surface area contributed by atoms with Gasteiger partial charge < -0.3 is 10.6 Å². The van der Waals surface area contributed by atoms with Crippen LogP contribution in [0.25, 0.3) is 0 Å². The van der Waals surface area contributed by atoms with Crippen LogP contribution in [0.3, 0.4) is 0 Å². The van der Waals surface area contributed by atoms with E-state index in [1.54, 1.807) is 0 Å². The van der Waals surface area contributed by atoms with Crippen molar-refractivity contribution in [1.29, 1.82) is 0 Å². The fraction of sp³-hybridized carbons (Fsp3) is 0.462. The van der Waals surface area contributed by atoms with Gasteiger partial charge in [-0.1, -0.05) is 17.7 Å². The molecule has 0 spiro atoms. The van der Waals surface area contributed by atoms with E-state index in [-0.39, 0.29) is 11.9 Å². The normalized spacial score (nSPS) is 17.5. The minimum absolute atomic E-state index is 0.135. The van der Waals surface area contributed by atoms with Crippen LogP contribution in [-0.2, 0) is 0 Å². The number of carbonyl (C=O) groups excluding carboxylic acids is 1. The smallest absolute Gasteiger partial charge is 0.253 e. The number of hydrogen-bond acceptors (Lipinski definition) is 2. The molecule has 86 valence electrons. The third kappa shape index (κ3) is 2.42. The molecule has 0 bridgehead atoms. The van der Waals surface area contributed by atoms with E-state index in [2.05, 4.69) is 0 Å². The molecular formula is C13H18N2O. The quantitative estimate of drug-likeness (QED) is 0.777. The summed E-state index contributed by atoms with van der Waals surface area (Å²) in [6.07, 6.45) is 1.83. The Morgan fingerprint density at radius 3 is 2.69 bits per heavy atom. The molecule has 1 heterocycles. The third-order valence-corrected chi connectivity index (χ3v) is 3.09. The Labute approximate surface area is 96.2 Å². The van der Waals surface area contributed by atoms with Crippen LogP contribution in [0.4, 0.5) is 0 Å². The van der Waals surface area contributed by atoms with Crippen molar-refractivity contribution in [1.82, 2.24) is 4.90 Å². The van der Waals surface area contributed by atoms with Gasteiger partial charge in [-0.25, -0.2) is 0 Å². The monoisotopic (exact) mass is 218 g/mol. The summed E-state index contributed by atoms with van der Waals surface area (Å²) in [6, 6.07) is 8.02. The van der Waals surface area contributed by atoms with Gasteiger partial charge in [0.15, 0.2) is 0 Å². The van der Waals surface area contributed by atoms with Gasteiger partial charge in [-0.2, -0.15) is 0 Å². The van der Waals surface area contributed by atoms with Gasteiger partial charge in [0.05, 0.1) is 0 Å². The van der Waals surface area contributed by atoms with Crippen LogP contribution < -0.4 is 5.73 Å². The number of piperidine rings is 1. The highest BCUT2D eigenvalue weighted by atomic mass is 16.2. The molecule has 16 heavy (non-hydrogen) atoms. The zero-order valence-corrected chi connectivity index (χ0v) is 9.65. The lowest BCUT2D eigenvalue weighted by Gasteiger charge is -2.30. The van der Waals surface area contributed by atoms with Crippen LogP contribution in [0.15, 0.2) is 24.3 Å². The first-order chi connectivity index (χ1) is 7.66. The molecule has 1 saturated heterocycles. The number of nitrogens with two attached hydrogens (primary N) is 1. The highest BCUT2D eigenvalue weighted by molar-refractivity contribution is 5.94. The number of rotatable bonds is 1. The van der Waals surface area contributed by atoms with Crippen molar-refractivity contribution in [3.05, 3.63) is 35.4 Å². The van der Waals surface area contributed by atoms with Crippen LogP contribution >= 0.6 is 0 Å². The molecule has 2 rings (SSSR count). The predicted molar refractivity (Wildman–Crippen MR) is 64.3 cm³/mol. The second-order valence-electron chi connectivity index (χ2n) is 4.50. The van der Waals surface area contributed by atoms with Gasteiger partial charge in [0.2, 0.25) is 0 Å². The second kappa shape index (κ2) is 4.66. The molecule has 0 saturated carbocycles. The van der Waals surface area contributed by atoms with Crippen molar-refractivity contribution in [2.45, 2.75) is 25.8 Å². The molecule has 1 aliphatic heterocycles. The molecule has 3 nitrogen and oxygen atoms in total. The summed E-state index contributed by atoms with van der Waals surface area (Å²) in [5.41, 5.74) is 7.73. The number of amides is 1. The van der Waals surface area contributed by atoms with E-state index in [4.69, 9.17) is 5.73 Å². The van der Waals surface area contributed by atoms with Gasteiger partial charge in [0, 0.05) is 24.7 Å². The number of carbonyl (C=O) groups is 1. The average molecular weight is 218 g/mol. The van der Waals surface area contributed by atoms with Gasteiger partial charge in [0.1, 0.15) is 0 Å². The standard InChI is InChI=1S/C13H18N2O/c1-10-3-2-4-11(9-10)13(16)15-7-5-12(14)6-8-15/h2-4,9,12H,5-8,14H2,1H3. The van der Waals surface area contributed by atoms with Gasteiger partial charge >= 0.3 is 0 Å². The molecule has 0 aromatic heterocycles. The summed E-state index contributed by atoms with van der Waals surface area (Å²) < 4.78 is 0. The maximum Gasteiger partial charge on any atom is 0.253 e. The van der Waals surface area contributed by atoms with Crippen LogP contribution in [0, 0.1) is 6.92 Å². The zero-order chi connectivity index (χ0) is 11.5. The summed E-state index contributed by atoms with van der Waals surface area (Å²) in [5, 5.41) is 0. The first-order valence-corrected chi connectivity index (χ1v) is 5.78. The number of benzene rings is 1. The number of hydrogen-bond donors (Lipinski definition) is 1. The van der Waals surface area contributed by atoms with Gasteiger partial charge in [-0.05, 0) is 31.9 Å². The largest absolute Gasteiger partial charge is 0.339 e. The van der Waals surface area contributed by atoms with Gasteiger partial charge in [-0.3, -0.25) is 4.79 Å². The fourth-order valence-electron chi connectivity index (χ4n) is 2.06. The van der Waals surface area contributed by atoms with Crippen molar-refractivity contribution < 1.29 is 4.79 Å². The van der Waals surface area contributed by atoms with Crippen molar-refractivity contribution in [2.75, 3.05) is 13.1 Å². The van der Waals surface area contributed by atoms with Crippen molar-refractivity contribution in [3.8, 4) is 0 Å². The molecule has 1 fully saturated rings. The van der Waals surface area contributed by atoms with Gasteiger partial charge in [-0.15, -0.1) is 0 Å². The zero-order valence-electron chi connectivity index (χ0n) is 9.65. The van der Waals surface area contributed by atoms with E-state index < -0.39 is 0 Å². The van der Waals surface area contributed by atoms with E-state index >= 15 is 0 Å². The second-order valence-corrected chi connectivity index (χ2v) is 4.50. The molecule has 0 aliphatic carbocycles. The molecule has 1 amide bonds. The van der Waals surface area contributed by atoms with Gasteiger partial charge in [0.25, 0.3) is 5.91 Å². The summed E-state index contributed by atoms with van der Waals surface area (Å²) in [4.78, 5) is 14.0. The van der Waals surface area contributed by atoms with Crippen molar-refractivity contribution >= 4 is 5.91 Å². The molecule has 1 aromatic rings. The lowest BCUT2D eigenvalue weighted by molar-refractivity contribution is 0.0714. The summed E-state index contributed by atoms with van der Waals surface area (Å²) in [5.74, 6) is 0.135. The van der Waals surface area contributed by atoms with Crippen LogP contribution in [0.2, 0.25) is 0 Å². The molecule has 0 atom stereocenters. The Morgan fingerprint density at radius 1 is 1.38 bits per heavy atom.